The molecule has 0 aliphatic rings. The first-order chi connectivity index (χ1) is 6.50. The summed E-state index contributed by atoms with van der Waals surface area (Å²) in [7, 11) is 0. The van der Waals surface area contributed by atoms with E-state index >= 15 is 0 Å². The summed E-state index contributed by atoms with van der Waals surface area (Å²) in [4.78, 5) is 21.7. The predicted molar refractivity (Wildman–Crippen MR) is 61.2 cm³/mol. The molecule has 0 fully saturated rings. The fourth-order valence-corrected chi connectivity index (χ4v) is 1.95. The Hall–Kier alpha value is -0.680. The third kappa shape index (κ3) is 2.92. The summed E-state index contributed by atoms with van der Waals surface area (Å²) in [6, 6.07) is 5.27. The van der Waals surface area contributed by atoms with Crippen molar-refractivity contribution < 1.29 is 9.59 Å². The Bertz CT molecular complexity index is 390. The molecule has 1 aromatic carbocycles. The quantitative estimate of drug-likeness (QED) is 0.852. The number of halogens is 2. The Morgan fingerprint density at radius 1 is 1.29 bits per heavy atom. The van der Waals surface area contributed by atoms with E-state index in [9.17, 15) is 9.59 Å². The summed E-state index contributed by atoms with van der Waals surface area (Å²) >= 11 is 6.55. The van der Waals surface area contributed by atoms with Gasteiger partial charge in [-0.2, -0.15) is 0 Å². The fourth-order valence-electron chi connectivity index (χ4n) is 0.801. The Labute approximate surface area is 98.1 Å². The molecule has 0 saturated carbocycles. The van der Waals surface area contributed by atoms with Gasteiger partial charge in [-0.3, -0.25) is 9.59 Å². The fraction of sp³-hybridized carbons (Fsp3) is 0.111. The first kappa shape index (κ1) is 11.4. The third-order valence-electron chi connectivity index (χ3n) is 1.50. The third-order valence-corrected chi connectivity index (χ3v) is 2.65. The molecule has 0 aliphatic heterocycles. The molecule has 0 bridgehead atoms. The van der Waals surface area contributed by atoms with Crippen molar-refractivity contribution >= 4 is 49.2 Å². The molecule has 3 nitrogen and oxygen atoms in total. The summed E-state index contributed by atoms with van der Waals surface area (Å²) in [6.07, 6.45) is 0. The van der Waals surface area contributed by atoms with Gasteiger partial charge < -0.3 is 5.32 Å². The van der Waals surface area contributed by atoms with Crippen LogP contribution in [0.15, 0.2) is 27.1 Å². The maximum Gasteiger partial charge on any atom is 0.291 e. The van der Waals surface area contributed by atoms with Crippen molar-refractivity contribution in [3.8, 4) is 0 Å². The van der Waals surface area contributed by atoms with Gasteiger partial charge in [-0.25, -0.2) is 0 Å². The number of Topliss-reactive ketones (excluding diaryl/α,β-unsaturated/α-hetero) is 1. The lowest BCUT2D eigenvalue weighted by molar-refractivity contribution is -0.133. The minimum absolute atomic E-state index is 0.514. The van der Waals surface area contributed by atoms with Gasteiger partial charge >= 0.3 is 0 Å². The van der Waals surface area contributed by atoms with Gasteiger partial charge in [0.25, 0.3) is 5.91 Å². The number of anilines is 1. The highest BCUT2D eigenvalue weighted by atomic mass is 79.9. The average molecular weight is 321 g/mol. The van der Waals surface area contributed by atoms with Crippen LogP contribution in [0.2, 0.25) is 0 Å². The second-order valence-electron chi connectivity index (χ2n) is 2.63. The molecule has 0 spiro atoms. The van der Waals surface area contributed by atoms with Crippen LogP contribution in [0.1, 0.15) is 6.92 Å². The standard InChI is InChI=1S/C9H7Br2NO2/c1-5(13)9(14)12-8-3-2-6(10)4-7(8)11/h2-4H,1H3,(H,12,14). The molecule has 0 unspecified atom stereocenters. The van der Waals surface area contributed by atoms with Crippen LogP contribution in [-0.4, -0.2) is 11.7 Å². The summed E-state index contributed by atoms with van der Waals surface area (Å²) in [6.45, 7) is 1.22. The normalized spacial score (nSPS) is 9.64. The Kier molecular flexibility index (Phi) is 3.83. The number of hydrogen-bond acceptors (Lipinski definition) is 2. The molecule has 0 atom stereocenters. The molecule has 1 aromatic rings. The Morgan fingerprint density at radius 2 is 1.93 bits per heavy atom. The molecule has 74 valence electrons. The molecule has 1 amide bonds. The zero-order chi connectivity index (χ0) is 10.7. The number of ketones is 1. The van der Waals surface area contributed by atoms with Crippen molar-refractivity contribution in [1.82, 2.24) is 0 Å². The molecular weight excluding hydrogens is 314 g/mol. The van der Waals surface area contributed by atoms with Crippen LogP contribution in [0.4, 0.5) is 5.69 Å². The highest BCUT2D eigenvalue weighted by Crippen LogP contribution is 2.25. The van der Waals surface area contributed by atoms with Crippen LogP contribution < -0.4 is 5.32 Å². The van der Waals surface area contributed by atoms with Gasteiger partial charge in [0, 0.05) is 15.9 Å². The molecular formula is C9H7Br2NO2. The first-order valence-electron chi connectivity index (χ1n) is 3.77. The van der Waals surface area contributed by atoms with Crippen LogP contribution in [0.25, 0.3) is 0 Å². The smallest absolute Gasteiger partial charge is 0.291 e. The first-order valence-corrected chi connectivity index (χ1v) is 5.36. The number of carbonyl (C=O) groups is 2. The van der Waals surface area contributed by atoms with Crippen molar-refractivity contribution in [2.75, 3.05) is 5.32 Å². The summed E-state index contributed by atoms with van der Waals surface area (Å²) < 4.78 is 1.62. The number of benzene rings is 1. The molecule has 0 aromatic heterocycles. The summed E-state index contributed by atoms with van der Waals surface area (Å²) in [5.74, 6) is -1.13. The van der Waals surface area contributed by atoms with Gasteiger partial charge in [0.05, 0.1) is 5.69 Å². The van der Waals surface area contributed by atoms with Gasteiger partial charge in [0.1, 0.15) is 0 Å². The SMILES string of the molecule is CC(=O)C(=O)Nc1ccc(Br)cc1Br. The van der Waals surface area contributed by atoms with Crippen LogP contribution >= 0.6 is 31.9 Å². The monoisotopic (exact) mass is 319 g/mol. The molecule has 1 rings (SSSR count). The van der Waals surface area contributed by atoms with Crippen molar-refractivity contribution in [2.45, 2.75) is 6.92 Å². The van der Waals surface area contributed by atoms with Gasteiger partial charge in [-0.1, -0.05) is 15.9 Å². The van der Waals surface area contributed by atoms with E-state index in [0.717, 1.165) is 8.95 Å². The van der Waals surface area contributed by atoms with Gasteiger partial charge in [0.15, 0.2) is 0 Å². The van der Waals surface area contributed by atoms with Gasteiger partial charge in [0.2, 0.25) is 5.78 Å². The van der Waals surface area contributed by atoms with E-state index < -0.39 is 11.7 Å². The highest BCUT2D eigenvalue weighted by molar-refractivity contribution is 9.11. The molecule has 5 heteroatoms. The molecule has 14 heavy (non-hydrogen) atoms. The zero-order valence-electron chi connectivity index (χ0n) is 7.30. The van der Waals surface area contributed by atoms with Crippen molar-refractivity contribution in [3.05, 3.63) is 27.1 Å². The van der Waals surface area contributed by atoms with E-state index in [0.29, 0.717) is 5.69 Å². The average Bonchev–Trinajstić information content (AvgIpc) is 2.09. The molecule has 0 aliphatic carbocycles. The zero-order valence-corrected chi connectivity index (χ0v) is 10.5. The van der Waals surface area contributed by atoms with Crippen LogP contribution in [0, 0.1) is 0 Å². The van der Waals surface area contributed by atoms with E-state index in [1.54, 1.807) is 18.2 Å². The number of rotatable bonds is 2. The summed E-state index contributed by atoms with van der Waals surface area (Å²) in [5, 5.41) is 2.48. The molecule has 0 heterocycles. The number of carbonyl (C=O) groups excluding carboxylic acids is 2. The van der Waals surface area contributed by atoms with Crippen LogP contribution in [0.5, 0.6) is 0 Å². The largest absolute Gasteiger partial charge is 0.318 e. The Balaban J connectivity index is 2.87. The predicted octanol–water partition coefficient (Wildman–Crippen LogP) is 2.74. The van der Waals surface area contributed by atoms with E-state index in [1.165, 1.54) is 6.92 Å². The van der Waals surface area contributed by atoms with Crippen LogP contribution in [-0.2, 0) is 9.59 Å². The Morgan fingerprint density at radius 3 is 2.43 bits per heavy atom. The highest BCUT2D eigenvalue weighted by Gasteiger charge is 2.09. The molecule has 1 N–H and O–H groups in total. The van der Waals surface area contributed by atoms with Gasteiger partial charge in [-0.05, 0) is 34.1 Å². The van der Waals surface area contributed by atoms with Crippen LogP contribution in [0.3, 0.4) is 0 Å². The van der Waals surface area contributed by atoms with Crippen molar-refractivity contribution in [3.63, 3.8) is 0 Å². The topological polar surface area (TPSA) is 46.2 Å². The van der Waals surface area contributed by atoms with Crippen molar-refractivity contribution in [1.29, 1.82) is 0 Å². The number of nitrogens with one attached hydrogen (secondary N) is 1. The lowest BCUT2D eigenvalue weighted by Gasteiger charge is -2.05. The second kappa shape index (κ2) is 4.70. The van der Waals surface area contributed by atoms with E-state index in [-0.39, 0.29) is 0 Å². The van der Waals surface area contributed by atoms with Crippen molar-refractivity contribution in [2.24, 2.45) is 0 Å². The van der Waals surface area contributed by atoms with E-state index in [1.807, 2.05) is 0 Å². The number of hydrogen-bond donors (Lipinski definition) is 1. The lowest BCUT2D eigenvalue weighted by atomic mass is 10.3. The van der Waals surface area contributed by atoms with E-state index in [4.69, 9.17) is 0 Å². The summed E-state index contributed by atoms with van der Waals surface area (Å²) in [5.41, 5.74) is 0.577. The van der Waals surface area contributed by atoms with E-state index in [2.05, 4.69) is 37.2 Å². The lowest BCUT2D eigenvalue weighted by Crippen LogP contribution is -2.19. The molecule has 0 radical (unpaired) electrons. The second-order valence-corrected chi connectivity index (χ2v) is 4.40. The van der Waals surface area contributed by atoms with Gasteiger partial charge in [-0.15, -0.1) is 0 Å². The maximum atomic E-state index is 11.1. The number of amides is 1. The minimum atomic E-state index is -0.618. The maximum absolute atomic E-state index is 11.1. The minimum Gasteiger partial charge on any atom is -0.318 e. The molecule has 0 saturated heterocycles.